The van der Waals surface area contributed by atoms with Crippen LogP contribution in [0.4, 0.5) is 0 Å². The topological polar surface area (TPSA) is 9.23 Å². The molecule has 0 unspecified atom stereocenters. The van der Waals surface area contributed by atoms with Gasteiger partial charge in [-0.2, -0.15) is 0 Å². The number of rotatable bonds is 4. The molecule has 0 aromatic heterocycles. The molecule has 3 heteroatoms. The lowest BCUT2D eigenvalue weighted by Crippen LogP contribution is -2.24. The van der Waals surface area contributed by atoms with E-state index in [1.165, 1.54) is 11.1 Å². The van der Waals surface area contributed by atoms with Crippen LogP contribution >= 0.6 is 15.9 Å². The van der Waals surface area contributed by atoms with Gasteiger partial charge in [0.2, 0.25) is 8.32 Å². The molecule has 0 radical (unpaired) electrons. The van der Waals surface area contributed by atoms with Crippen LogP contribution in [0.3, 0.4) is 0 Å². The molecule has 0 amide bonds. The summed E-state index contributed by atoms with van der Waals surface area (Å²) in [4.78, 5) is 1.86. The van der Waals surface area contributed by atoms with Crippen LogP contribution in [0.5, 0.6) is 0 Å². The van der Waals surface area contributed by atoms with Crippen molar-refractivity contribution < 1.29 is 4.43 Å². The Morgan fingerprint density at radius 1 is 0.900 bits per heavy atom. The molecule has 2 aromatic carbocycles. The maximum atomic E-state index is 6.07. The fourth-order valence-corrected chi connectivity index (χ4v) is 3.30. The van der Waals surface area contributed by atoms with Gasteiger partial charge in [-0.25, -0.2) is 0 Å². The van der Waals surface area contributed by atoms with Crippen molar-refractivity contribution in [3.63, 3.8) is 0 Å². The minimum Gasteiger partial charge on any atom is -0.544 e. The highest BCUT2D eigenvalue weighted by atomic mass is 79.9. The highest BCUT2D eigenvalue weighted by Gasteiger charge is 2.18. The zero-order chi connectivity index (χ0) is 14.6. The van der Waals surface area contributed by atoms with Crippen LogP contribution < -0.4 is 0 Å². The van der Waals surface area contributed by atoms with Crippen LogP contribution in [-0.2, 0) is 4.43 Å². The highest BCUT2D eigenvalue weighted by Crippen LogP contribution is 2.25. The van der Waals surface area contributed by atoms with E-state index in [4.69, 9.17) is 4.43 Å². The van der Waals surface area contributed by atoms with E-state index >= 15 is 0 Å². The molecule has 0 saturated carbocycles. The standard InChI is InChI=1S/C17H19BrOSi/c1-20(2,3)19-17(13-18)16-11-9-15(10-12-16)14-7-5-4-6-8-14/h4-13H,1-3H3/b17-13-. The lowest BCUT2D eigenvalue weighted by Gasteiger charge is -2.21. The minimum atomic E-state index is -1.60. The molecule has 0 N–H and O–H groups in total. The van der Waals surface area contributed by atoms with Gasteiger partial charge < -0.3 is 4.43 Å². The van der Waals surface area contributed by atoms with Crippen molar-refractivity contribution in [2.45, 2.75) is 19.6 Å². The van der Waals surface area contributed by atoms with Crippen LogP contribution in [-0.4, -0.2) is 8.32 Å². The summed E-state index contributed by atoms with van der Waals surface area (Å²) in [5.74, 6) is 0.906. The molecule has 1 nitrogen and oxygen atoms in total. The SMILES string of the molecule is C[Si](C)(C)O/C(=C\Br)c1ccc(-c2ccccc2)cc1. The van der Waals surface area contributed by atoms with Gasteiger partial charge in [-0.05, 0) is 30.8 Å². The molecule has 0 saturated heterocycles. The fourth-order valence-electron chi connectivity index (χ4n) is 1.93. The van der Waals surface area contributed by atoms with Crippen LogP contribution in [0.15, 0.2) is 59.6 Å². The van der Waals surface area contributed by atoms with Gasteiger partial charge in [0.25, 0.3) is 0 Å². The summed E-state index contributed by atoms with van der Waals surface area (Å²) in [5, 5.41) is 0. The summed E-state index contributed by atoms with van der Waals surface area (Å²) in [6, 6.07) is 18.9. The average molecular weight is 347 g/mol. The number of halogens is 1. The molecular formula is C17H19BrOSi. The Balaban J connectivity index is 2.24. The lowest BCUT2D eigenvalue weighted by molar-refractivity contribution is 0.516. The molecule has 0 aliphatic heterocycles. The van der Waals surface area contributed by atoms with Crippen molar-refractivity contribution >= 4 is 30.0 Å². The summed E-state index contributed by atoms with van der Waals surface area (Å²) in [6.45, 7) is 6.55. The normalized spacial score (nSPS) is 12.3. The molecule has 2 rings (SSSR count). The van der Waals surface area contributed by atoms with Gasteiger partial charge in [0.1, 0.15) is 5.76 Å². The Morgan fingerprint density at radius 2 is 1.45 bits per heavy atom. The van der Waals surface area contributed by atoms with E-state index in [2.05, 4.69) is 84.1 Å². The summed E-state index contributed by atoms with van der Waals surface area (Å²) in [6.07, 6.45) is 0. The highest BCUT2D eigenvalue weighted by molar-refractivity contribution is 9.11. The molecule has 0 aliphatic carbocycles. The van der Waals surface area contributed by atoms with Gasteiger partial charge in [0.05, 0.1) is 0 Å². The Labute approximate surface area is 130 Å². The van der Waals surface area contributed by atoms with Crippen molar-refractivity contribution in [1.82, 2.24) is 0 Å². The number of benzene rings is 2. The average Bonchev–Trinajstić information content (AvgIpc) is 2.45. The van der Waals surface area contributed by atoms with E-state index in [9.17, 15) is 0 Å². The minimum absolute atomic E-state index is 0.906. The predicted molar refractivity (Wildman–Crippen MR) is 93.2 cm³/mol. The van der Waals surface area contributed by atoms with E-state index in [0.29, 0.717) is 0 Å². The maximum absolute atomic E-state index is 6.07. The van der Waals surface area contributed by atoms with Crippen LogP contribution in [0.1, 0.15) is 5.56 Å². The molecule has 0 spiro atoms. The molecule has 0 fully saturated rings. The molecule has 20 heavy (non-hydrogen) atoms. The van der Waals surface area contributed by atoms with Crippen molar-refractivity contribution in [3.05, 3.63) is 65.1 Å². The van der Waals surface area contributed by atoms with Gasteiger partial charge in [0.15, 0.2) is 0 Å². The first-order valence-electron chi connectivity index (χ1n) is 6.65. The summed E-state index contributed by atoms with van der Waals surface area (Å²) in [5.41, 5.74) is 3.55. The van der Waals surface area contributed by atoms with E-state index in [1.54, 1.807) is 0 Å². The largest absolute Gasteiger partial charge is 0.544 e. The van der Waals surface area contributed by atoms with E-state index in [0.717, 1.165) is 11.3 Å². The molecule has 0 atom stereocenters. The monoisotopic (exact) mass is 346 g/mol. The molecule has 0 heterocycles. The second-order valence-electron chi connectivity index (χ2n) is 5.63. The number of hydrogen-bond donors (Lipinski definition) is 0. The quantitative estimate of drug-likeness (QED) is 0.494. The van der Waals surface area contributed by atoms with E-state index in [-0.39, 0.29) is 0 Å². The zero-order valence-electron chi connectivity index (χ0n) is 12.1. The van der Waals surface area contributed by atoms with Gasteiger partial charge in [-0.3, -0.25) is 0 Å². The molecule has 2 aromatic rings. The first-order chi connectivity index (χ1) is 9.49. The second kappa shape index (κ2) is 6.42. The summed E-state index contributed by atoms with van der Waals surface area (Å²) >= 11 is 3.40. The van der Waals surface area contributed by atoms with Crippen molar-refractivity contribution in [2.75, 3.05) is 0 Å². The van der Waals surface area contributed by atoms with Gasteiger partial charge in [-0.15, -0.1) is 0 Å². The Morgan fingerprint density at radius 3 is 1.95 bits per heavy atom. The first kappa shape index (κ1) is 15.1. The smallest absolute Gasteiger partial charge is 0.242 e. The van der Waals surface area contributed by atoms with Crippen molar-refractivity contribution in [3.8, 4) is 11.1 Å². The first-order valence-corrected chi connectivity index (χ1v) is 11.0. The molecule has 0 aliphatic rings. The Bertz CT molecular complexity index is 583. The Hall–Kier alpha value is -1.32. The maximum Gasteiger partial charge on any atom is 0.242 e. The predicted octanol–water partition coefficient (Wildman–Crippen LogP) is 5.90. The molecular weight excluding hydrogens is 328 g/mol. The third kappa shape index (κ3) is 4.08. The van der Waals surface area contributed by atoms with Crippen LogP contribution in [0.25, 0.3) is 16.9 Å². The van der Waals surface area contributed by atoms with Crippen LogP contribution in [0, 0.1) is 0 Å². The second-order valence-corrected chi connectivity index (χ2v) is 10.5. The zero-order valence-corrected chi connectivity index (χ0v) is 14.6. The fraction of sp³-hybridized carbons (Fsp3) is 0.176. The Kier molecular flexibility index (Phi) is 4.84. The van der Waals surface area contributed by atoms with Crippen molar-refractivity contribution in [1.29, 1.82) is 0 Å². The third-order valence-corrected chi connectivity index (χ3v) is 4.04. The van der Waals surface area contributed by atoms with E-state index in [1.807, 2.05) is 11.1 Å². The molecule has 104 valence electrons. The third-order valence-electron chi connectivity index (χ3n) is 2.79. The summed E-state index contributed by atoms with van der Waals surface area (Å²) in [7, 11) is -1.60. The lowest BCUT2D eigenvalue weighted by atomic mass is 10.0. The summed E-state index contributed by atoms with van der Waals surface area (Å²) < 4.78 is 6.07. The molecule has 0 bridgehead atoms. The van der Waals surface area contributed by atoms with Crippen molar-refractivity contribution in [2.24, 2.45) is 0 Å². The van der Waals surface area contributed by atoms with Gasteiger partial charge >= 0.3 is 0 Å². The van der Waals surface area contributed by atoms with Crippen LogP contribution in [0.2, 0.25) is 19.6 Å². The van der Waals surface area contributed by atoms with E-state index < -0.39 is 8.32 Å². The van der Waals surface area contributed by atoms with Gasteiger partial charge in [-0.1, -0.05) is 70.5 Å². The van der Waals surface area contributed by atoms with Gasteiger partial charge in [0, 0.05) is 10.5 Å². The number of hydrogen-bond acceptors (Lipinski definition) is 1.